The minimum atomic E-state index is 0.195. The van der Waals surface area contributed by atoms with Crippen molar-refractivity contribution in [3.63, 3.8) is 0 Å². The van der Waals surface area contributed by atoms with E-state index in [1.807, 2.05) is 37.4 Å². The fourth-order valence-corrected chi connectivity index (χ4v) is 2.96. The molecule has 1 aliphatic heterocycles. The average Bonchev–Trinajstić information content (AvgIpc) is 2.59. The molecule has 1 aliphatic rings. The van der Waals surface area contributed by atoms with Crippen molar-refractivity contribution in [2.45, 2.75) is 32.9 Å². The molecular weight excluding hydrogens is 322 g/mol. The van der Waals surface area contributed by atoms with Gasteiger partial charge in [-0.2, -0.15) is 0 Å². The van der Waals surface area contributed by atoms with Gasteiger partial charge in [0.25, 0.3) is 0 Å². The molecule has 5 heteroatoms. The first-order valence-corrected chi connectivity index (χ1v) is 8.71. The van der Waals surface area contributed by atoms with E-state index in [9.17, 15) is 0 Å². The van der Waals surface area contributed by atoms with Gasteiger partial charge in [0.2, 0.25) is 5.88 Å². The molecule has 1 unspecified atom stereocenters. The fourth-order valence-electron chi connectivity index (χ4n) is 2.84. The van der Waals surface area contributed by atoms with Crippen LogP contribution in [0.25, 0.3) is 0 Å². The van der Waals surface area contributed by atoms with Gasteiger partial charge in [0.15, 0.2) is 0 Å². The third-order valence-corrected chi connectivity index (χ3v) is 4.79. The summed E-state index contributed by atoms with van der Waals surface area (Å²) in [5, 5.41) is 5.47. The molecule has 2 heterocycles. The molecule has 0 spiro atoms. The highest BCUT2D eigenvalue weighted by molar-refractivity contribution is 6.31. The molecule has 1 aromatic heterocycles. The predicted molar refractivity (Wildman–Crippen MR) is 97.0 cm³/mol. The number of rotatable bonds is 4. The lowest BCUT2D eigenvalue weighted by Crippen LogP contribution is -2.45. The zero-order chi connectivity index (χ0) is 17.1. The molecule has 127 valence electrons. The smallest absolute Gasteiger partial charge is 0.219 e. The molecule has 1 fully saturated rings. The number of halogens is 1. The predicted octanol–water partition coefficient (Wildman–Crippen LogP) is 4.21. The van der Waals surface area contributed by atoms with E-state index in [1.54, 1.807) is 0 Å². The van der Waals surface area contributed by atoms with Gasteiger partial charge >= 0.3 is 0 Å². The fraction of sp³-hybridized carbons (Fsp3) is 0.421. The van der Waals surface area contributed by atoms with Crippen molar-refractivity contribution in [1.82, 2.24) is 15.2 Å². The molecular formula is C19H23ClN3O. The van der Waals surface area contributed by atoms with Gasteiger partial charge in [0.1, 0.15) is 5.75 Å². The number of hydrogen-bond donors (Lipinski definition) is 0. The summed E-state index contributed by atoms with van der Waals surface area (Å²) in [6, 6.07) is 10.3. The van der Waals surface area contributed by atoms with Gasteiger partial charge in [-0.1, -0.05) is 17.7 Å². The number of hydrogen-bond acceptors (Lipinski definition) is 3. The Morgan fingerprint density at radius 2 is 2.08 bits per heavy atom. The molecule has 0 amide bonds. The van der Waals surface area contributed by atoms with Crippen LogP contribution in [0, 0.1) is 6.92 Å². The maximum Gasteiger partial charge on any atom is 0.219 e. The quantitative estimate of drug-likeness (QED) is 0.834. The number of pyridine rings is 1. The molecule has 0 bridgehead atoms. The molecule has 0 saturated carbocycles. The largest absolute Gasteiger partial charge is 0.439 e. The van der Waals surface area contributed by atoms with Crippen LogP contribution in [0.1, 0.15) is 31.0 Å². The Labute approximate surface area is 148 Å². The summed E-state index contributed by atoms with van der Waals surface area (Å²) in [7, 11) is 0. The number of ether oxygens (including phenoxy) is 1. The molecule has 2 aromatic rings. The van der Waals surface area contributed by atoms with E-state index in [2.05, 4.69) is 29.8 Å². The molecule has 1 saturated heterocycles. The second-order valence-corrected chi connectivity index (χ2v) is 6.86. The van der Waals surface area contributed by atoms with E-state index in [1.165, 1.54) is 0 Å². The van der Waals surface area contributed by atoms with Crippen LogP contribution in [0.15, 0.2) is 36.5 Å². The lowest BCUT2D eigenvalue weighted by molar-refractivity contribution is 0.159. The Hall–Kier alpha value is -1.62. The van der Waals surface area contributed by atoms with Gasteiger partial charge in [0.05, 0.1) is 6.04 Å². The van der Waals surface area contributed by atoms with Gasteiger partial charge in [0, 0.05) is 43.0 Å². The zero-order valence-corrected chi connectivity index (χ0v) is 15.1. The van der Waals surface area contributed by atoms with Crippen LogP contribution in [-0.4, -0.2) is 35.6 Å². The highest BCUT2D eigenvalue weighted by Gasteiger charge is 2.23. The molecule has 1 atom stereocenters. The lowest BCUT2D eigenvalue weighted by Gasteiger charge is -2.35. The number of piperazine rings is 1. The maximum absolute atomic E-state index is 6.04. The van der Waals surface area contributed by atoms with Crippen LogP contribution < -0.4 is 10.1 Å². The summed E-state index contributed by atoms with van der Waals surface area (Å²) in [5.74, 6) is 1.32. The van der Waals surface area contributed by atoms with Crippen molar-refractivity contribution < 1.29 is 4.74 Å². The van der Waals surface area contributed by atoms with Crippen LogP contribution in [-0.2, 0) is 0 Å². The van der Waals surface area contributed by atoms with Crippen LogP contribution in [0.2, 0.25) is 5.02 Å². The summed E-state index contributed by atoms with van der Waals surface area (Å²) in [5.41, 5.74) is 2.13. The van der Waals surface area contributed by atoms with Crippen LogP contribution in [0.3, 0.4) is 0 Å². The van der Waals surface area contributed by atoms with Gasteiger partial charge < -0.3 is 4.74 Å². The van der Waals surface area contributed by atoms with Gasteiger partial charge in [-0.05, 0) is 50.1 Å². The van der Waals surface area contributed by atoms with Gasteiger partial charge in [-0.3, -0.25) is 4.90 Å². The molecule has 0 aliphatic carbocycles. The van der Waals surface area contributed by atoms with E-state index in [4.69, 9.17) is 21.7 Å². The number of nitrogens with zero attached hydrogens (tertiary/aromatic N) is 3. The van der Waals surface area contributed by atoms with Crippen LogP contribution >= 0.6 is 11.6 Å². The van der Waals surface area contributed by atoms with E-state index >= 15 is 0 Å². The standard InChI is InChI=1S/C19H23ClN3O/c1-13(2)23-9-8-21-18(12-23)15-4-7-19(22-11-15)24-16-5-6-17(20)14(3)10-16/h4-7,10-11,13,18H,8-9,12H2,1-3H3. The second-order valence-electron chi connectivity index (χ2n) is 6.45. The third kappa shape index (κ3) is 4.07. The van der Waals surface area contributed by atoms with E-state index < -0.39 is 0 Å². The molecule has 1 aromatic carbocycles. The minimum absolute atomic E-state index is 0.195. The first-order chi connectivity index (χ1) is 11.5. The van der Waals surface area contributed by atoms with Crippen molar-refractivity contribution in [1.29, 1.82) is 0 Å². The Bertz CT molecular complexity index is 688. The molecule has 24 heavy (non-hydrogen) atoms. The van der Waals surface area contributed by atoms with Crippen LogP contribution in [0.4, 0.5) is 0 Å². The number of benzene rings is 1. The van der Waals surface area contributed by atoms with Crippen molar-refractivity contribution in [3.8, 4) is 11.6 Å². The Morgan fingerprint density at radius 3 is 2.75 bits per heavy atom. The average molecular weight is 345 g/mol. The summed E-state index contributed by atoms with van der Waals surface area (Å²) < 4.78 is 5.81. The Kier molecular flexibility index (Phi) is 5.39. The van der Waals surface area contributed by atoms with Crippen LogP contribution in [0.5, 0.6) is 11.6 Å². The van der Waals surface area contributed by atoms with Crippen molar-refractivity contribution in [2.24, 2.45) is 0 Å². The van der Waals surface area contributed by atoms with Crippen molar-refractivity contribution in [3.05, 3.63) is 52.7 Å². The van der Waals surface area contributed by atoms with Crippen molar-refractivity contribution in [2.75, 3.05) is 19.6 Å². The second kappa shape index (κ2) is 7.51. The molecule has 4 nitrogen and oxygen atoms in total. The number of aryl methyl sites for hydroxylation is 1. The normalized spacial score (nSPS) is 18.8. The third-order valence-electron chi connectivity index (χ3n) is 4.37. The Morgan fingerprint density at radius 1 is 1.25 bits per heavy atom. The summed E-state index contributed by atoms with van der Waals surface area (Å²) in [4.78, 5) is 6.89. The SMILES string of the molecule is Cc1cc(Oc2ccc(C3CN(C(C)C)CC[N]3)cn2)ccc1Cl. The first kappa shape index (κ1) is 17.2. The zero-order valence-electron chi connectivity index (χ0n) is 14.4. The Balaban J connectivity index is 1.67. The molecule has 1 radical (unpaired) electrons. The maximum atomic E-state index is 6.04. The molecule has 0 N–H and O–H groups in total. The van der Waals surface area contributed by atoms with E-state index in [0.717, 1.165) is 41.5 Å². The summed E-state index contributed by atoms with van der Waals surface area (Å²) >= 11 is 6.04. The minimum Gasteiger partial charge on any atom is -0.439 e. The summed E-state index contributed by atoms with van der Waals surface area (Å²) in [6.07, 6.45) is 1.87. The van der Waals surface area contributed by atoms with Gasteiger partial charge in [-0.25, -0.2) is 10.3 Å². The number of aromatic nitrogens is 1. The summed E-state index contributed by atoms with van der Waals surface area (Å²) in [6.45, 7) is 9.29. The first-order valence-electron chi connectivity index (χ1n) is 8.33. The van der Waals surface area contributed by atoms with Crippen molar-refractivity contribution >= 4 is 11.6 Å². The van der Waals surface area contributed by atoms with Gasteiger partial charge in [-0.15, -0.1) is 0 Å². The van der Waals surface area contributed by atoms with E-state index in [-0.39, 0.29) is 6.04 Å². The monoisotopic (exact) mass is 344 g/mol. The highest BCUT2D eigenvalue weighted by Crippen LogP contribution is 2.26. The van der Waals surface area contributed by atoms with E-state index in [0.29, 0.717) is 11.9 Å². The molecule has 3 rings (SSSR count). The highest BCUT2D eigenvalue weighted by atomic mass is 35.5. The topological polar surface area (TPSA) is 39.5 Å². The lowest BCUT2D eigenvalue weighted by atomic mass is 10.1.